The Morgan fingerprint density at radius 2 is 1.70 bits per heavy atom. The maximum atomic E-state index is 12.5. The first-order valence-corrected chi connectivity index (χ1v) is 8.53. The predicted molar refractivity (Wildman–Crippen MR) is 79.8 cm³/mol. The zero-order valence-electron chi connectivity index (χ0n) is 12.0. The van der Waals surface area contributed by atoms with E-state index in [9.17, 15) is 8.42 Å². The first-order chi connectivity index (χ1) is 9.57. The van der Waals surface area contributed by atoms with Crippen LogP contribution in [0.25, 0.3) is 0 Å². The lowest BCUT2D eigenvalue weighted by molar-refractivity contribution is 0.188. The highest BCUT2D eigenvalue weighted by molar-refractivity contribution is 7.89. The molecule has 6 heteroatoms. The van der Waals surface area contributed by atoms with Gasteiger partial charge in [-0.3, -0.25) is 0 Å². The molecular formula is C14H23N3O2S. The quantitative estimate of drug-likeness (QED) is 0.875. The molecule has 0 atom stereocenters. The first kappa shape index (κ1) is 15.4. The van der Waals surface area contributed by atoms with Gasteiger partial charge in [-0.15, -0.1) is 0 Å². The molecule has 1 heterocycles. The molecule has 1 aliphatic heterocycles. The Morgan fingerprint density at radius 1 is 1.10 bits per heavy atom. The second kappa shape index (κ2) is 6.67. The molecule has 1 saturated heterocycles. The molecule has 0 aromatic heterocycles. The highest BCUT2D eigenvalue weighted by Crippen LogP contribution is 2.18. The number of piperazine rings is 1. The van der Waals surface area contributed by atoms with Gasteiger partial charge in [0.15, 0.2) is 0 Å². The van der Waals surface area contributed by atoms with Crippen molar-refractivity contribution in [3.8, 4) is 0 Å². The number of benzene rings is 1. The van der Waals surface area contributed by atoms with Crippen LogP contribution in [0.4, 0.5) is 0 Å². The van der Waals surface area contributed by atoms with Gasteiger partial charge >= 0.3 is 0 Å². The van der Waals surface area contributed by atoms with Gasteiger partial charge in [0.2, 0.25) is 10.0 Å². The first-order valence-electron chi connectivity index (χ1n) is 7.09. The number of nitrogens with two attached hydrogens (primary N) is 1. The topological polar surface area (TPSA) is 66.6 Å². The number of rotatable bonds is 5. The Hall–Kier alpha value is -0.950. The molecule has 0 bridgehead atoms. The summed E-state index contributed by atoms with van der Waals surface area (Å²) in [5, 5.41) is 0. The van der Waals surface area contributed by atoms with Gasteiger partial charge in [0, 0.05) is 32.7 Å². The van der Waals surface area contributed by atoms with E-state index in [-0.39, 0.29) is 0 Å². The van der Waals surface area contributed by atoms with Crippen LogP contribution in [-0.2, 0) is 16.6 Å². The summed E-state index contributed by atoms with van der Waals surface area (Å²) < 4.78 is 26.6. The van der Waals surface area contributed by atoms with Gasteiger partial charge in [0.25, 0.3) is 0 Å². The fourth-order valence-corrected chi connectivity index (χ4v) is 3.88. The summed E-state index contributed by atoms with van der Waals surface area (Å²) in [5.41, 5.74) is 6.47. The number of nitrogens with zero attached hydrogens (tertiary/aromatic N) is 2. The van der Waals surface area contributed by atoms with Crippen LogP contribution < -0.4 is 5.73 Å². The van der Waals surface area contributed by atoms with E-state index in [0.717, 1.165) is 31.6 Å². The average Bonchev–Trinajstić information content (AvgIpc) is 2.48. The molecule has 1 aliphatic rings. The van der Waals surface area contributed by atoms with E-state index in [1.165, 1.54) is 0 Å². The van der Waals surface area contributed by atoms with Crippen molar-refractivity contribution in [2.45, 2.75) is 24.8 Å². The van der Waals surface area contributed by atoms with Crippen LogP contribution in [0, 0.1) is 0 Å². The van der Waals surface area contributed by atoms with E-state index >= 15 is 0 Å². The summed E-state index contributed by atoms with van der Waals surface area (Å²) in [4.78, 5) is 2.67. The fourth-order valence-electron chi connectivity index (χ4n) is 2.46. The molecule has 112 valence electrons. The van der Waals surface area contributed by atoms with Crippen LogP contribution in [-0.4, -0.2) is 50.3 Å². The van der Waals surface area contributed by atoms with E-state index < -0.39 is 10.0 Å². The van der Waals surface area contributed by atoms with Gasteiger partial charge in [-0.1, -0.05) is 19.1 Å². The highest BCUT2D eigenvalue weighted by Gasteiger charge is 2.27. The minimum atomic E-state index is -3.36. The summed E-state index contributed by atoms with van der Waals surface area (Å²) >= 11 is 0. The second-order valence-corrected chi connectivity index (χ2v) is 7.03. The third-order valence-electron chi connectivity index (χ3n) is 3.67. The van der Waals surface area contributed by atoms with E-state index in [4.69, 9.17) is 5.73 Å². The zero-order valence-corrected chi connectivity index (χ0v) is 12.8. The summed E-state index contributed by atoms with van der Waals surface area (Å²) in [5.74, 6) is 0. The highest BCUT2D eigenvalue weighted by atomic mass is 32.2. The lowest BCUT2D eigenvalue weighted by atomic mass is 10.2. The van der Waals surface area contributed by atoms with Crippen LogP contribution in [0.3, 0.4) is 0 Å². The minimum absolute atomic E-state index is 0.360. The molecule has 0 amide bonds. The summed E-state index contributed by atoms with van der Waals surface area (Å²) in [6, 6.07) is 6.85. The zero-order chi connectivity index (χ0) is 14.6. The van der Waals surface area contributed by atoms with Crippen LogP contribution in [0.2, 0.25) is 0 Å². The molecule has 0 radical (unpaired) electrons. The molecule has 1 fully saturated rings. The van der Waals surface area contributed by atoms with Gasteiger partial charge in [0.05, 0.1) is 4.90 Å². The molecule has 0 saturated carbocycles. The molecule has 0 unspecified atom stereocenters. The maximum absolute atomic E-state index is 12.5. The van der Waals surface area contributed by atoms with Crippen LogP contribution in [0.15, 0.2) is 29.2 Å². The van der Waals surface area contributed by atoms with Crippen molar-refractivity contribution in [1.82, 2.24) is 9.21 Å². The molecule has 0 aliphatic carbocycles. The molecule has 1 aromatic carbocycles. The summed E-state index contributed by atoms with van der Waals surface area (Å²) in [6.45, 7) is 6.38. The van der Waals surface area contributed by atoms with Gasteiger partial charge in [-0.25, -0.2) is 8.42 Å². The lowest BCUT2D eigenvalue weighted by Gasteiger charge is -2.33. The summed E-state index contributed by atoms with van der Waals surface area (Å²) in [7, 11) is -3.36. The third kappa shape index (κ3) is 3.38. The normalized spacial score (nSPS) is 18.3. The van der Waals surface area contributed by atoms with Crippen LogP contribution in [0.5, 0.6) is 0 Å². The maximum Gasteiger partial charge on any atom is 0.243 e. The SMILES string of the molecule is CCCN1CCN(S(=O)(=O)c2ccc(CN)cc2)CC1. The van der Waals surface area contributed by atoms with Crippen molar-refractivity contribution in [3.63, 3.8) is 0 Å². The second-order valence-electron chi connectivity index (χ2n) is 5.09. The molecular weight excluding hydrogens is 274 g/mol. The fraction of sp³-hybridized carbons (Fsp3) is 0.571. The molecule has 2 rings (SSSR count). The Balaban J connectivity index is 2.07. The van der Waals surface area contributed by atoms with E-state index in [2.05, 4.69) is 11.8 Å². The van der Waals surface area contributed by atoms with Gasteiger partial charge in [0.1, 0.15) is 0 Å². The Kier molecular flexibility index (Phi) is 5.15. The molecule has 1 aromatic rings. The Morgan fingerprint density at radius 3 is 2.20 bits per heavy atom. The van der Waals surface area contributed by atoms with Crippen LogP contribution >= 0.6 is 0 Å². The van der Waals surface area contributed by atoms with Gasteiger partial charge < -0.3 is 10.6 Å². The average molecular weight is 297 g/mol. The van der Waals surface area contributed by atoms with Gasteiger partial charge in [-0.05, 0) is 30.7 Å². The van der Waals surface area contributed by atoms with Crippen molar-refractivity contribution in [2.75, 3.05) is 32.7 Å². The molecule has 20 heavy (non-hydrogen) atoms. The van der Waals surface area contributed by atoms with Crippen molar-refractivity contribution in [1.29, 1.82) is 0 Å². The predicted octanol–water partition coefficient (Wildman–Crippen LogP) is 0.862. The smallest absolute Gasteiger partial charge is 0.243 e. The molecule has 0 spiro atoms. The minimum Gasteiger partial charge on any atom is -0.326 e. The van der Waals surface area contributed by atoms with Crippen molar-refractivity contribution in [3.05, 3.63) is 29.8 Å². The third-order valence-corrected chi connectivity index (χ3v) is 5.58. The Labute approximate surface area is 121 Å². The van der Waals surface area contributed by atoms with Gasteiger partial charge in [-0.2, -0.15) is 4.31 Å². The van der Waals surface area contributed by atoms with E-state index in [0.29, 0.717) is 24.5 Å². The Bertz CT molecular complexity index is 520. The van der Waals surface area contributed by atoms with Crippen molar-refractivity contribution >= 4 is 10.0 Å². The molecule has 2 N–H and O–H groups in total. The number of hydrogen-bond acceptors (Lipinski definition) is 4. The van der Waals surface area contributed by atoms with Crippen molar-refractivity contribution in [2.24, 2.45) is 5.73 Å². The monoisotopic (exact) mass is 297 g/mol. The largest absolute Gasteiger partial charge is 0.326 e. The standard InChI is InChI=1S/C14H23N3O2S/c1-2-7-16-8-10-17(11-9-16)20(18,19)14-5-3-13(12-15)4-6-14/h3-6H,2,7-12,15H2,1H3. The summed E-state index contributed by atoms with van der Waals surface area (Å²) in [6.07, 6.45) is 1.10. The number of hydrogen-bond donors (Lipinski definition) is 1. The van der Waals surface area contributed by atoms with E-state index in [1.807, 2.05) is 0 Å². The van der Waals surface area contributed by atoms with Crippen LogP contribution in [0.1, 0.15) is 18.9 Å². The van der Waals surface area contributed by atoms with E-state index in [1.54, 1.807) is 28.6 Å². The number of sulfonamides is 1. The van der Waals surface area contributed by atoms with Crippen molar-refractivity contribution < 1.29 is 8.42 Å². The molecule has 5 nitrogen and oxygen atoms in total. The lowest BCUT2D eigenvalue weighted by Crippen LogP contribution is -2.48.